The Morgan fingerprint density at radius 3 is 1.18 bits per heavy atom. The van der Waals surface area contributed by atoms with E-state index in [1.54, 1.807) is 10.4 Å². The standard InChI is InChI=1S/C30H34N2Si2/c1-31(2)23-25-15-11-13-21-29(25)34(30-22-14-12-16-26(30)24-32(3)4)33(27-17-7-5-8-18-27)28-19-9-6-10-20-28/h5-22H,23-24H2,1-4H3. The first-order valence-electron chi connectivity index (χ1n) is 11.9. The van der Waals surface area contributed by atoms with Crippen LogP contribution in [-0.4, -0.2) is 54.6 Å². The number of nitrogens with zero attached hydrogens (tertiary/aromatic N) is 2. The highest BCUT2D eigenvalue weighted by atomic mass is 29.2. The molecule has 34 heavy (non-hydrogen) atoms. The van der Waals surface area contributed by atoms with Crippen molar-refractivity contribution in [2.45, 2.75) is 13.1 Å². The van der Waals surface area contributed by atoms with Gasteiger partial charge in [-0.25, -0.2) is 0 Å². The maximum Gasteiger partial charge on any atom is 0.122 e. The smallest absolute Gasteiger partial charge is 0.122 e. The molecule has 2 nitrogen and oxygen atoms in total. The molecule has 0 aliphatic carbocycles. The zero-order chi connectivity index (χ0) is 23.9. The summed E-state index contributed by atoms with van der Waals surface area (Å²) in [5.74, 6) is 0. The molecule has 4 aromatic carbocycles. The van der Waals surface area contributed by atoms with Crippen LogP contribution in [-0.2, 0) is 13.1 Å². The second-order valence-electron chi connectivity index (χ2n) is 9.27. The van der Waals surface area contributed by atoms with Crippen LogP contribution in [0.1, 0.15) is 11.1 Å². The molecular formula is C30H34N2Si2. The van der Waals surface area contributed by atoms with E-state index in [4.69, 9.17) is 0 Å². The molecule has 0 spiro atoms. The van der Waals surface area contributed by atoms with Crippen molar-refractivity contribution in [2.75, 3.05) is 28.2 Å². The first kappa shape index (κ1) is 24.4. The van der Waals surface area contributed by atoms with Crippen molar-refractivity contribution in [2.24, 2.45) is 0 Å². The summed E-state index contributed by atoms with van der Waals surface area (Å²) in [6.07, 6.45) is 0. The molecule has 2 radical (unpaired) electrons. The molecule has 0 saturated carbocycles. The third-order valence-corrected chi connectivity index (χ3v) is 15.1. The van der Waals surface area contributed by atoms with E-state index in [9.17, 15) is 0 Å². The Kier molecular flexibility index (Phi) is 8.30. The van der Waals surface area contributed by atoms with Gasteiger partial charge in [-0.3, -0.25) is 0 Å². The third kappa shape index (κ3) is 5.83. The van der Waals surface area contributed by atoms with E-state index in [1.165, 1.54) is 21.5 Å². The van der Waals surface area contributed by atoms with Crippen molar-refractivity contribution in [1.82, 2.24) is 9.80 Å². The average Bonchev–Trinajstić information content (AvgIpc) is 2.84. The lowest BCUT2D eigenvalue weighted by Crippen LogP contribution is -2.66. The molecule has 4 aromatic rings. The second-order valence-corrected chi connectivity index (χ2v) is 16.0. The Bertz CT molecular complexity index is 1080. The largest absolute Gasteiger partial charge is 0.305 e. The number of benzene rings is 4. The Morgan fingerprint density at radius 2 is 0.794 bits per heavy atom. The topological polar surface area (TPSA) is 6.48 Å². The minimum atomic E-state index is -1.14. The molecule has 4 heteroatoms. The number of hydrogen-bond donors (Lipinski definition) is 0. The molecule has 0 bridgehead atoms. The molecule has 0 aliphatic heterocycles. The van der Waals surface area contributed by atoms with Crippen LogP contribution >= 0.6 is 0 Å². The van der Waals surface area contributed by atoms with Gasteiger partial charge < -0.3 is 9.80 Å². The minimum absolute atomic E-state index is 0.957. The molecule has 0 amide bonds. The quantitative estimate of drug-likeness (QED) is 0.341. The summed E-state index contributed by atoms with van der Waals surface area (Å²) in [6, 6.07) is 40.9. The summed E-state index contributed by atoms with van der Waals surface area (Å²) in [6.45, 7) is 1.91. The van der Waals surface area contributed by atoms with E-state index < -0.39 is 16.6 Å². The van der Waals surface area contributed by atoms with Gasteiger partial charge in [-0.15, -0.1) is 0 Å². The lowest BCUT2D eigenvalue weighted by molar-refractivity contribution is 0.403. The van der Waals surface area contributed by atoms with Crippen molar-refractivity contribution in [3.8, 4) is 0 Å². The van der Waals surface area contributed by atoms with E-state index in [-0.39, 0.29) is 0 Å². The molecular weight excluding hydrogens is 445 g/mol. The van der Waals surface area contributed by atoms with Crippen LogP contribution in [0.2, 0.25) is 0 Å². The van der Waals surface area contributed by atoms with E-state index in [2.05, 4.69) is 147 Å². The molecule has 0 unspecified atom stereocenters. The van der Waals surface area contributed by atoms with Gasteiger partial charge in [-0.2, -0.15) is 0 Å². The molecule has 0 aliphatic rings. The highest BCUT2D eigenvalue weighted by Gasteiger charge is 2.34. The minimum Gasteiger partial charge on any atom is -0.305 e. The number of rotatable bonds is 9. The SMILES string of the molecule is CN(C)Cc1ccccc1[Si](c1ccccc1CN(C)C)[Si](c1ccccc1)c1ccccc1. The van der Waals surface area contributed by atoms with Crippen LogP contribution in [0.3, 0.4) is 0 Å². The lowest BCUT2D eigenvalue weighted by atomic mass is 10.2. The summed E-state index contributed by atoms with van der Waals surface area (Å²) in [5, 5.41) is 6.09. The van der Waals surface area contributed by atoms with E-state index in [0.29, 0.717) is 0 Å². The van der Waals surface area contributed by atoms with Gasteiger partial charge in [-0.05, 0) is 39.3 Å². The normalized spacial score (nSPS) is 11.6. The fraction of sp³-hybridized carbons (Fsp3) is 0.200. The summed E-state index contributed by atoms with van der Waals surface area (Å²) in [5.41, 5.74) is 2.91. The van der Waals surface area contributed by atoms with E-state index in [0.717, 1.165) is 13.1 Å². The van der Waals surface area contributed by atoms with Gasteiger partial charge in [0.25, 0.3) is 0 Å². The van der Waals surface area contributed by atoms with Crippen LogP contribution in [0.4, 0.5) is 0 Å². The maximum absolute atomic E-state index is 2.41. The molecule has 0 fully saturated rings. The molecule has 0 atom stereocenters. The van der Waals surface area contributed by atoms with Crippen LogP contribution in [0.25, 0.3) is 0 Å². The Hall–Kier alpha value is -2.77. The summed E-state index contributed by atoms with van der Waals surface area (Å²) >= 11 is 0. The predicted octanol–water partition coefficient (Wildman–Crippen LogP) is 2.81. The molecule has 0 saturated heterocycles. The van der Waals surface area contributed by atoms with Crippen LogP contribution in [0.5, 0.6) is 0 Å². The fourth-order valence-electron chi connectivity index (χ4n) is 4.56. The molecule has 172 valence electrons. The van der Waals surface area contributed by atoms with Crippen molar-refractivity contribution in [1.29, 1.82) is 0 Å². The predicted molar refractivity (Wildman–Crippen MR) is 151 cm³/mol. The second kappa shape index (κ2) is 11.6. The van der Waals surface area contributed by atoms with Crippen molar-refractivity contribution < 1.29 is 0 Å². The molecule has 0 heterocycles. The summed E-state index contributed by atoms with van der Waals surface area (Å²) in [4.78, 5) is 4.59. The molecule has 0 aromatic heterocycles. The summed E-state index contributed by atoms with van der Waals surface area (Å²) < 4.78 is 0. The fourth-order valence-corrected chi connectivity index (χ4v) is 14.7. The lowest BCUT2D eigenvalue weighted by Gasteiger charge is -2.30. The van der Waals surface area contributed by atoms with Gasteiger partial charge in [-0.1, -0.05) is 130 Å². The van der Waals surface area contributed by atoms with E-state index in [1.807, 2.05) is 0 Å². The van der Waals surface area contributed by atoms with Gasteiger partial charge in [0.05, 0.1) is 0 Å². The van der Waals surface area contributed by atoms with Gasteiger partial charge in [0.1, 0.15) is 16.6 Å². The van der Waals surface area contributed by atoms with E-state index >= 15 is 0 Å². The van der Waals surface area contributed by atoms with Crippen molar-refractivity contribution in [3.05, 3.63) is 120 Å². The zero-order valence-corrected chi connectivity index (χ0v) is 22.7. The van der Waals surface area contributed by atoms with Crippen LogP contribution in [0.15, 0.2) is 109 Å². The monoisotopic (exact) mass is 478 g/mol. The number of hydrogen-bond acceptors (Lipinski definition) is 2. The summed E-state index contributed by atoms with van der Waals surface area (Å²) in [7, 11) is 6.44. The molecule has 0 N–H and O–H groups in total. The zero-order valence-electron chi connectivity index (χ0n) is 20.7. The Balaban J connectivity index is 2.00. The van der Waals surface area contributed by atoms with Crippen molar-refractivity contribution in [3.63, 3.8) is 0 Å². The Morgan fingerprint density at radius 1 is 0.441 bits per heavy atom. The van der Waals surface area contributed by atoms with Crippen LogP contribution < -0.4 is 20.7 Å². The van der Waals surface area contributed by atoms with Gasteiger partial charge in [0.15, 0.2) is 0 Å². The highest BCUT2D eigenvalue weighted by molar-refractivity contribution is 7.42. The molecule has 4 rings (SSSR count). The van der Waals surface area contributed by atoms with Crippen molar-refractivity contribution >= 4 is 37.4 Å². The third-order valence-electron chi connectivity index (χ3n) is 5.92. The van der Waals surface area contributed by atoms with Gasteiger partial charge in [0, 0.05) is 13.1 Å². The highest BCUT2D eigenvalue weighted by Crippen LogP contribution is 2.10. The average molecular weight is 479 g/mol. The van der Waals surface area contributed by atoms with Gasteiger partial charge in [0.2, 0.25) is 0 Å². The Labute approximate surface area is 208 Å². The van der Waals surface area contributed by atoms with Gasteiger partial charge >= 0.3 is 0 Å². The maximum atomic E-state index is 2.41. The van der Waals surface area contributed by atoms with Crippen LogP contribution in [0, 0.1) is 0 Å². The first-order valence-corrected chi connectivity index (χ1v) is 15.9. The first-order chi connectivity index (χ1) is 16.5.